The summed E-state index contributed by atoms with van der Waals surface area (Å²) < 4.78 is 5.00. The number of ether oxygens (including phenoxy) is 1. The van der Waals surface area contributed by atoms with Crippen LogP contribution in [0.4, 0.5) is 0 Å². The van der Waals surface area contributed by atoms with Gasteiger partial charge in [0.15, 0.2) is 5.88 Å². The smallest absolute Gasteiger partial charge is 0.229 e. The first-order valence-electron chi connectivity index (χ1n) is 5.79. The predicted octanol–water partition coefficient (Wildman–Crippen LogP) is 2.72. The highest BCUT2D eigenvalue weighted by molar-refractivity contribution is 5.77. The van der Waals surface area contributed by atoms with E-state index in [4.69, 9.17) is 4.74 Å². The van der Waals surface area contributed by atoms with E-state index in [9.17, 15) is 4.79 Å². The fraction of sp³-hybridized carbons (Fsp3) is 0.357. The third kappa shape index (κ3) is 4.31. The standard InChI is InChI=1S/C7H11NO2.C7H8/c1-3-7(9)8-4-5-10-6(8)2;1-7-5-3-2-4-6-7/h2-5H2,1H3;2-6H,1H3. The van der Waals surface area contributed by atoms with Crippen molar-refractivity contribution in [3.63, 3.8) is 0 Å². The number of carbonyl (C=O) groups excluding carboxylic acids is 1. The Morgan fingerprint density at radius 2 is 2.06 bits per heavy atom. The molecule has 0 radical (unpaired) electrons. The molecule has 0 atom stereocenters. The Balaban J connectivity index is 0.000000181. The fourth-order valence-corrected chi connectivity index (χ4v) is 1.45. The Morgan fingerprint density at radius 3 is 2.41 bits per heavy atom. The van der Waals surface area contributed by atoms with E-state index in [-0.39, 0.29) is 5.91 Å². The van der Waals surface area contributed by atoms with Crippen LogP contribution >= 0.6 is 0 Å². The van der Waals surface area contributed by atoms with Gasteiger partial charge in [0.25, 0.3) is 0 Å². The van der Waals surface area contributed by atoms with Gasteiger partial charge in [-0.15, -0.1) is 0 Å². The molecule has 1 aliphatic rings. The molecule has 0 aliphatic carbocycles. The summed E-state index contributed by atoms with van der Waals surface area (Å²) in [6, 6.07) is 10.3. The van der Waals surface area contributed by atoms with Crippen LogP contribution in [0.15, 0.2) is 42.8 Å². The van der Waals surface area contributed by atoms with Crippen LogP contribution in [0.1, 0.15) is 18.9 Å². The number of nitrogens with zero attached hydrogens (tertiary/aromatic N) is 1. The molecule has 0 unspecified atom stereocenters. The molecular formula is C14H19NO2. The molecule has 1 amide bonds. The molecule has 17 heavy (non-hydrogen) atoms. The molecule has 1 fully saturated rings. The average molecular weight is 233 g/mol. The zero-order valence-corrected chi connectivity index (χ0v) is 10.5. The van der Waals surface area contributed by atoms with Crippen molar-refractivity contribution in [2.24, 2.45) is 0 Å². The zero-order valence-electron chi connectivity index (χ0n) is 10.5. The number of hydrogen-bond acceptors (Lipinski definition) is 2. The zero-order chi connectivity index (χ0) is 12.7. The third-order valence-corrected chi connectivity index (χ3v) is 2.43. The molecule has 1 aliphatic heterocycles. The molecule has 92 valence electrons. The van der Waals surface area contributed by atoms with Crippen molar-refractivity contribution in [2.45, 2.75) is 20.3 Å². The van der Waals surface area contributed by atoms with Crippen LogP contribution < -0.4 is 0 Å². The average Bonchev–Trinajstić information content (AvgIpc) is 2.76. The Morgan fingerprint density at radius 1 is 1.41 bits per heavy atom. The number of benzene rings is 1. The molecule has 0 bridgehead atoms. The first-order chi connectivity index (χ1) is 8.15. The molecule has 1 aromatic rings. The molecule has 3 nitrogen and oxygen atoms in total. The lowest BCUT2D eigenvalue weighted by Crippen LogP contribution is -2.25. The molecule has 0 spiro atoms. The summed E-state index contributed by atoms with van der Waals surface area (Å²) in [4.78, 5) is 12.6. The van der Waals surface area contributed by atoms with Crippen molar-refractivity contribution < 1.29 is 9.53 Å². The van der Waals surface area contributed by atoms with Gasteiger partial charge in [0.1, 0.15) is 6.61 Å². The van der Waals surface area contributed by atoms with Gasteiger partial charge >= 0.3 is 0 Å². The van der Waals surface area contributed by atoms with Crippen LogP contribution in [0.2, 0.25) is 0 Å². The van der Waals surface area contributed by atoms with Crippen molar-refractivity contribution in [1.29, 1.82) is 0 Å². The summed E-state index contributed by atoms with van der Waals surface area (Å²) >= 11 is 0. The van der Waals surface area contributed by atoms with Gasteiger partial charge in [0, 0.05) is 6.42 Å². The molecule has 1 aromatic carbocycles. The van der Waals surface area contributed by atoms with Gasteiger partial charge in [-0.05, 0) is 13.5 Å². The largest absolute Gasteiger partial charge is 0.477 e. The van der Waals surface area contributed by atoms with Crippen molar-refractivity contribution in [2.75, 3.05) is 13.2 Å². The summed E-state index contributed by atoms with van der Waals surface area (Å²) in [7, 11) is 0. The Hall–Kier alpha value is -1.77. The summed E-state index contributed by atoms with van der Waals surface area (Å²) in [6.07, 6.45) is 0.516. The number of aryl methyl sites for hydroxylation is 1. The third-order valence-electron chi connectivity index (χ3n) is 2.43. The lowest BCUT2D eigenvalue weighted by Gasteiger charge is -2.11. The summed E-state index contributed by atoms with van der Waals surface area (Å²) in [6.45, 7) is 8.74. The molecule has 0 saturated carbocycles. The van der Waals surface area contributed by atoms with Gasteiger partial charge in [0.2, 0.25) is 5.91 Å². The van der Waals surface area contributed by atoms with E-state index in [0.29, 0.717) is 25.5 Å². The number of rotatable bonds is 1. The molecule has 0 aromatic heterocycles. The molecule has 1 saturated heterocycles. The lowest BCUT2D eigenvalue weighted by atomic mass is 10.2. The second-order valence-corrected chi connectivity index (χ2v) is 3.80. The molecule has 3 heteroatoms. The van der Waals surface area contributed by atoms with Crippen LogP contribution in [0.5, 0.6) is 0 Å². The maximum absolute atomic E-state index is 11.0. The second kappa shape index (κ2) is 6.74. The summed E-state index contributed by atoms with van der Waals surface area (Å²) in [5, 5.41) is 0. The quantitative estimate of drug-likeness (QED) is 0.746. The fourth-order valence-electron chi connectivity index (χ4n) is 1.45. The predicted molar refractivity (Wildman–Crippen MR) is 68.3 cm³/mol. The number of amides is 1. The van der Waals surface area contributed by atoms with E-state index in [1.165, 1.54) is 5.56 Å². The van der Waals surface area contributed by atoms with Gasteiger partial charge in [0.05, 0.1) is 6.54 Å². The van der Waals surface area contributed by atoms with Gasteiger partial charge in [-0.1, -0.05) is 42.8 Å². The molecule has 2 rings (SSSR count). The minimum Gasteiger partial charge on any atom is -0.477 e. The van der Waals surface area contributed by atoms with E-state index in [1.54, 1.807) is 4.90 Å². The number of carbonyl (C=O) groups is 1. The van der Waals surface area contributed by atoms with E-state index < -0.39 is 0 Å². The van der Waals surface area contributed by atoms with Crippen LogP contribution in [-0.2, 0) is 9.53 Å². The lowest BCUT2D eigenvalue weighted by molar-refractivity contribution is -0.128. The van der Waals surface area contributed by atoms with Gasteiger partial charge < -0.3 is 4.74 Å². The highest BCUT2D eigenvalue weighted by Gasteiger charge is 2.20. The van der Waals surface area contributed by atoms with Crippen molar-refractivity contribution >= 4 is 5.91 Å². The first kappa shape index (κ1) is 13.3. The van der Waals surface area contributed by atoms with Gasteiger partial charge in [-0.3, -0.25) is 9.69 Å². The molecule has 1 heterocycles. The van der Waals surface area contributed by atoms with Crippen LogP contribution in [-0.4, -0.2) is 24.0 Å². The van der Waals surface area contributed by atoms with Crippen molar-refractivity contribution in [3.8, 4) is 0 Å². The van der Waals surface area contributed by atoms with Crippen LogP contribution in [0.3, 0.4) is 0 Å². The highest BCUT2D eigenvalue weighted by Crippen LogP contribution is 2.12. The van der Waals surface area contributed by atoms with Crippen LogP contribution in [0.25, 0.3) is 0 Å². The number of hydrogen-bond donors (Lipinski definition) is 0. The topological polar surface area (TPSA) is 29.5 Å². The van der Waals surface area contributed by atoms with E-state index in [1.807, 2.05) is 25.1 Å². The molecular weight excluding hydrogens is 214 g/mol. The maximum atomic E-state index is 11.0. The Kier molecular flexibility index (Phi) is 5.27. The van der Waals surface area contributed by atoms with E-state index in [2.05, 4.69) is 25.6 Å². The van der Waals surface area contributed by atoms with Gasteiger partial charge in [-0.2, -0.15) is 0 Å². The normalized spacial score (nSPS) is 13.8. The Bertz CT molecular complexity index is 373. The van der Waals surface area contributed by atoms with E-state index >= 15 is 0 Å². The van der Waals surface area contributed by atoms with Crippen LogP contribution in [0, 0.1) is 6.92 Å². The monoisotopic (exact) mass is 233 g/mol. The Labute approximate surface area is 103 Å². The summed E-state index contributed by atoms with van der Waals surface area (Å²) in [5.74, 6) is 0.578. The summed E-state index contributed by atoms with van der Waals surface area (Å²) in [5.41, 5.74) is 1.32. The van der Waals surface area contributed by atoms with Gasteiger partial charge in [-0.25, -0.2) is 0 Å². The second-order valence-electron chi connectivity index (χ2n) is 3.80. The van der Waals surface area contributed by atoms with E-state index in [0.717, 1.165) is 0 Å². The van der Waals surface area contributed by atoms with Crippen molar-refractivity contribution in [3.05, 3.63) is 48.4 Å². The minimum absolute atomic E-state index is 0.0856. The SMILES string of the molecule is C=C1OCCN1C(=O)CC.Cc1ccccc1. The van der Waals surface area contributed by atoms with Crippen molar-refractivity contribution in [1.82, 2.24) is 4.90 Å². The minimum atomic E-state index is 0.0856. The molecule has 0 N–H and O–H groups in total. The first-order valence-corrected chi connectivity index (χ1v) is 5.79. The highest BCUT2D eigenvalue weighted by atomic mass is 16.5. The maximum Gasteiger partial charge on any atom is 0.229 e.